The van der Waals surface area contributed by atoms with Crippen LogP contribution in [-0.4, -0.2) is 39.4 Å². The summed E-state index contributed by atoms with van der Waals surface area (Å²) in [5.74, 6) is -0.784. The van der Waals surface area contributed by atoms with Gasteiger partial charge in [-0.25, -0.2) is 9.59 Å². The molecule has 0 fully saturated rings. The number of benzene rings is 3. The van der Waals surface area contributed by atoms with E-state index in [1.807, 2.05) is 6.08 Å². The summed E-state index contributed by atoms with van der Waals surface area (Å²) in [4.78, 5) is 25.4. The van der Waals surface area contributed by atoms with E-state index in [4.69, 9.17) is 18.9 Å². The van der Waals surface area contributed by atoms with Crippen LogP contribution in [0.15, 0.2) is 89.5 Å². The van der Waals surface area contributed by atoms with Gasteiger partial charge in [0.1, 0.15) is 12.2 Å². The van der Waals surface area contributed by atoms with Crippen LogP contribution in [0.4, 0.5) is 0 Å². The number of ether oxygens (including phenoxy) is 4. The smallest absolute Gasteiger partial charge is 0.342 e. The number of hydrogen-bond acceptors (Lipinski definition) is 6. The minimum absolute atomic E-state index is 0.00131. The summed E-state index contributed by atoms with van der Waals surface area (Å²) in [6, 6.07) is 18.0. The Morgan fingerprint density at radius 2 is 1.40 bits per heavy atom. The second-order valence-corrected chi connectivity index (χ2v) is 11.5. The van der Waals surface area contributed by atoms with Gasteiger partial charge in [-0.1, -0.05) is 71.3 Å². The van der Waals surface area contributed by atoms with Crippen LogP contribution < -0.4 is 9.47 Å². The van der Waals surface area contributed by atoms with E-state index in [2.05, 4.69) is 82.3 Å². The molecular formula is C39H48O6. The molecule has 3 aromatic rings. The lowest BCUT2D eigenvalue weighted by Gasteiger charge is -2.17. The summed E-state index contributed by atoms with van der Waals surface area (Å²) < 4.78 is 22.2. The zero-order chi connectivity index (χ0) is 32.6. The van der Waals surface area contributed by atoms with Gasteiger partial charge in [0.2, 0.25) is 0 Å². The van der Waals surface area contributed by atoms with Crippen molar-refractivity contribution in [3.05, 3.63) is 106 Å². The Morgan fingerprint density at radius 1 is 0.711 bits per heavy atom. The highest BCUT2D eigenvalue weighted by atomic mass is 16.5. The molecule has 0 saturated carbocycles. The lowest BCUT2D eigenvalue weighted by atomic mass is 10.0. The zero-order valence-electron chi connectivity index (χ0n) is 27.7. The monoisotopic (exact) mass is 612 g/mol. The molecule has 6 heteroatoms. The third-order valence-corrected chi connectivity index (χ3v) is 7.68. The van der Waals surface area contributed by atoms with E-state index >= 15 is 0 Å². The summed E-state index contributed by atoms with van der Waals surface area (Å²) in [6.07, 6.45) is 13.2. The number of methoxy groups -OCH3 is 2. The van der Waals surface area contributed by atoms with Crippen LogP contribution in [-0.2, 0) is 15.9 Å². The van der Waals surface area contributed by atoms with Crippen molar-refractivity contribution in [2.75, 3.05) is 27.4 Å². The van der Waals surface area contributed by atoms with E-state index < -0.39 is 11.9 Å². The Morgan fingerprint density at radius 3 is 2.13 bits per heavy atom. The van der Waals surface area contributed by atoms with Crippen molar-refractivity contribution in [2.24, 2.45) is 0 Å². The van der Waals surface area contributed by atoms with Gasteiger partial charge in [0, 0.05) is 0 Å². The van der Waals surface area contributed by atoms with Gasteiger partial charge >= 0.3 is 11.9 Å². The van der Waals surface area contributed by atoms with Crippen molar-refractivity contribution in [1.29, 1.82) is 0 Å². The maximum absolute atomic E-state index is 12.9. The van der Waals surface area contributed by atoms with Crippen LogP contribution in [0.1, 0.15) is 92.5 Å². The number of allylic oxidation sites excluding steroid dienone is 5. The average Bonchev–Trinajstić information content (AvgIpc) is 3.03. The Labute approximate surface area is 268 Å². The predicted octanol–water partition coefficient (Wildman–Crippen LogP) is 9.61. The van der Waals surface area contributed by atoms with Gasteiger partial charge in [-0.05, 0) is 107 Å². The number of aryl methyl sites for hydroxylation is 1. The van der Waals surface area contributed by atoms with Gasteiger partial charge in [0.25, 0.3) is 0 Å². The van der Waals surface area contributed by atoms with Crippen LogP contribution in [0.25, 0.3) is 10.8 Å². The molecule has 0 unspecified atom stereocenters. The highest BCUT2D eigenvalue weighted by molar-refractivity contribution is 6.05. The number of carbonyl (C=O) groups excluding carboxylic acids is 2. The number of rotatable bonds is 17. The topological polar surface area (TPSA) is 71.1 Å². The van der Waals surface area contributed by atoms with Crippen molar-refractivity contribution in [3.8, 4) is 11.5 Å². The van der Waals surface area contributed by atoms with Gasteiger partial charge in [-0.15, -0.1) is 0 Å². The summed E-state index contributed by atoms with van der Waals surface area (Å²) in [6.45, 7) is 9.12. The van der Waals surface area contributed by atoms with E-state index in [-0.39, 0.29) is 23.5 Å². The Bertz CT molecular complexity index is 1520. The second-order valence-electron chi connectivity index (χ2n) is 11.5. The Balaban J connectivity index is 1.68. The molecule has 0 aliphatic carbocycles. The molecule has 3 aromatic carbocycles. The van der Waals surface area contributed by atoms with Crippen molar-refractivity contribution < 1.29 is 28.5 Å². The maximum atomic E-state index is 12.9. The van der Waals surface area contributed by atoms with Gasteiger partial charge in [0.05, 0.1) is 26.4 Å². The molecule has 0 radical (unpaired) electrons. The highest BCUT2D eigenvalue weighted by Crippen LogP contribution is 2.35. The van der Waals surface area contributed by atoms with Gasteiger partial charge in [-0.2, -0.15) is 0 Å². The van der Waals surface area contributed by atoms with Crippen LogP contribution in [0.2, 0.25) is 0 Å². The number of carbonyl (C=O) groups is 2. The first-order chi connectivity index (χ1) is 21.7. The van der Waals surface area contributed by atoms with Gasteiger partial charge in [0.15, 0.2) is 11.5 Å². The first-order valence-electron chi connectivity index (χ1n) is 15.8. The summed E-state index contributed by atoms with van der Waals surface area (Å²) in [7, 11) is 2.54. The minimum atomic E-state index is -0.693. The first kappa shape index (κ1) is 35.2. The Kier molecular flexibility index (Phi) is 14.4. The molecule has 0 aliphatic heterocycles. The zero-order valence-corrected chi connectivity index (χ0v) is 27.7. The van der Waals surface area contributed by atoms with Crippen LogP contribution >= 0.6 is 0 Å². The quantitative estimate of drug-likeness (QED) is 0.0859. The molecule has 0 aromatic heterocycles. The molecule has 0 spiro atoms. The fraction of sp³-hybridized carbons (Fsp3) is 0.385. The molecule has 0 bridgehead atoms. The van der Waals surface area contributed by atoms with Gasteiger partial charge in [-0.3, -0.25) is 0 Å². The van der Waals surface area contributed by atoms with Crippen molar-refractivity contribution in [3.63, 3.8) is 0 Å². The molecule has 3 rings (SSSR count). The molecule has 45 heavy (non-hydrogen) atoms. The van der Waals surface area contributed by atoms with E-state index in [9.17, 15) is 9.59 Å². The molecule has 0 atom stereocenters. The second kappa shape index (κ2) is 18.5. The predicted molar refractivity (Wildman–Crippen MR) is 182 cm³/mol. The van der Waals surface area contributed by atoms with E-state index in [0.717, 1.165) is 44.9 Å². The lowest BCUT2D eigenvalue weighted by Crippen LogP contribution is -2.15. The Hall–Kier alpha value is -4.32. The maximum Gasteiger partial charge on any atom is 0.342 e. The van der Waals surface area contributed by atoms with Gasteiger partial charge < -0.3 is 18.9 Å². The molecule has 0 amide bonds. The highest BCUT2D eigenvalue weighted by Gasteiger charge is 2.27. The summed E-state index contributed by atoms with van der Waals surface area (Å²) >= 11 is 0. The molecule has 240 valence electrons. The minimum Gasteiger partial charge on any atom is -0.490 e. The molecule has 0 N–H and O–H groups in total. The number of esters is 2. The standard InChI is InChI=1S/C39H48O6/c1-28(2)14-11-15-29(3)16-12-17-30(4)25-27-45-37-35(24-23-34(38(40)42-5)36(37)39(41)43-6)44-26-10-9-19-32-21-13-20-31-18-7-8-22-33(31)32/h7-8,13-14,16,18,20-25H,9-12,15,17,19,26-27H2,1-6H3. The first-order valence-corrected chi connectivity index (χ1v) is 15.8. The van der Waals surface area contributed by atoms with Crippen molar-refractivity contribution >= 4 is 22.7 Å². The molecule has 0 heterocycles. The van der Waals surface area contributed by atoms with Crippen LogP contribution in [0.3, 0.4) is 0 Å². The van der Waals surface area contributed by atoms with Crippen molar-refractivity contribution in [1.82, 2.24) is 0 Å². The fourth-order valence-electron chi connectivity index (χ4n) is 5.12. The number of fused-ring (bicyclic) bond motifs is 1. The SMILES string of the molecule is COC(=O)c1ccc(OCCCCc2cccc3ccccc23)c(OCC=C(C)CCC=C(C)CCC=C(C)C)c1C(=O)OC. The third-order valence-electron chi connectivity index (χ3n) is 7.68. The summed E-state index contributed by atoms with van der Waals surface area (Å²) in [5, 5.41) is 2.51. The largest absolute Gasteiger partial charge is 0.490 e. The van der Waals surface area contributed by atoms with Crippen molar-refractivity contribution in [2.45, 2.75) is 72.6 Å². The number of unbranched alkanes of at least 4 members (excludes halogenated alkanes) is 1. The molecule has 0 aliphatic rings. The lowest BCUT2D eigenvalue weighted by molar-refractivity contribution is 0.0550. The van der Waals surface area contributed by atoms with E-state index in [0.29, 0.717) is 12.4 Å². The molecular weight excluding hydrogens is 564 g/mol. The van der Waals surface area contributed by atoms with E-state index in [1.165, 1.54) is 53.3 Å². The molecule has 0 saturated heterocycles. The normalized spacial score (nSPS) is 11.7. The average molecular weight is 613 g/mol. The molecule has 6 nitrogen and oxygen atoms in total. The summed E-state index contributed by atoms with van der Waals surface area (Å²) in [5.41, 5.74) is 5.28. The fourth-order valence-corrected chi connectivity index (χ4v) is 5.12. The van der Waals surface area contributed by atoms with E-state index in [1.54, 1.807) is 6.07 Å². The van der Waals surface area contributed by atoms with Crippen LogP contribution in [0, 0.1) is 0 Å². The third kappa shape index (κ3) is 11.0. The number of hydrogen-bond donors (Lipinski definition) is 0. The van der Waals surface area contributed by atoms with Crippen LogP contribution in [0.5, 0.6) is 11.5 Å².